The van der Waals surface area contributed by atoms with Crippen molar-refractivity contribution >= 4 is 11.6 Å². The maximum absolute atomic E-state index is 12.2. The van der Waals surface area contributed by atoms with E-state index in [1.165, 1.54) is 5.56 Å². The van der Waals surface area contributed by atoms with Gasteiger partial charge in [-0.1, -0.05) is 23.8 Å². The van der Waals surface area contributed by atoms with Crippen LogP contribution in [0.2, 0.25) is 0 Å². The molecule has 0 aromatic heterocycles. The summed E-state index contributed by atoms with van der Waals surface area (Å²) in [7, 11) is 0. The Morgan fingerprint density at radius 3 is 2.55 bits per heavy atom. The van der Waals surface area contributed by atoms with Gasteiger partial charge >= 0.3 is 0 Å². The van der Waals surface area contributed by atoms with Crippen LogP contribution in [0.1, 0.15) is 28.4 Å². The number of carbonyl (C=O) groups excluding carboxylic acids is 1. The molecular formula is C18H22N2O2. The van der Waals surface area contributed by atoms with Crippen LogP contribution in [0, 0.1) is 13.8 Å². The normalized spacial score (nSPS) is 11.8. The number of anilines is 1. The van der Waals surface area contributed by atoms with E-state index in [0.717, 1.165) is 11.3 Å². The smallest absolute Gasteiger partial charge is 0.251 e. The molecule has 0 bridgehead atoms. The number of benzene rings is 2. The molecule has 0 fully saturated rings. The molecule has 0 aliphatic heterocycles. The molecule has 4 nitrogen and oxygen atoms in total. The molecular weight excluding hydrogens is 276 g/mol. The summed E-state index contributed by atoms with van der Waals surface area (Å²) in [4.78, 5) is 12.2. The predicted molar refractivity (Wildman–Crippen MR) is 89.2 cm³/mol. The van der Waals surface area contributed by atoms with Crippen molar-refractivity contribution in [2.45, 2.75) is 26.9 Å². The number of aryl methyl sites for hydroxylation is 2. The van der Waals surface area contributed by atoms with Crippen molar-refractivity contribution in [2.24, 2.45) is 0 Å². The number of ether oxygens (including phenoxy) is 1. The maximum Gasteiger partial charge on any atom is 0.251 e. The van der Waals surface area contributed by atoms with Crippen LogP contribution in [0.15, 0.2) is 42.5 Å². The van der Waals surface area contributed by atoms with Crippen LogP contribution in [-0.4, -0.2) is 18.6 Å². The molecule has 22 heavy (non-hydrogen) atoms. The largest absolute Gasteiger partial charge is 0.489 e. The van der Waals surface area contributed by atoms with E-state index in [1.807, 2.05) is 51.1 Å². The van der Waals surface area contributed by atoms with Crippen LogP contribution >= 0.6 is 0 Å². The molecule has 0 aliphatic carbocycles. The Morgan fingerprint density at radius 2 is 1.86 bits per heavy atom. The summed E-state index contributed by atoms with van der Waals surface area (Å²) in [6.07, 6.45) is -0.118. The molecule has 0 saturated carbocycles. The number of carbonyl (C=O) groups is 1. The van der Waals surface area contributed by atoms with Gasteiger partial charge in [-0.3, -0.25) is 4.79 Å². The second kappa shape index (κ2) is 6.98. The van der Waals surface area contributed by atoms with E-state index in [-0.39, 0.29) is 12.0 Å². The monoisotopic (exact) mass is 298 g/mol. The molecule has 0 radical (unpaired) electrons. The summed E-state index contributed by atoms with van der Waals surface area (Å²) in [5.41, 5.74) is 9.00. The SMILES string of the molecule is Cc1ccc(OC(C)CNC(=O)c2cc(N)ccc2C)cc1. The van der Waals surface area contributed by atoms with Gasteiger partial charge in [0, 0.05) is 11.3 Å². The highest BCUT2D eigenvalue weighted by Gasteiger charge is 2.11. The lowest BCUT2D eigenvalue weighted by atomic mass is 10.1. The molecule has 2 rings (SSSR count). The van der Waals surface area contributed by atoms with Crippen LogP contribution < -0.4 is 15.8 Å². The Bertz CT molecular complexity index is 651. The summed E-state index contributed by atoms with van der Waals surface area (Å²) in [5, 5.41) is 2.88. The summed E-state index contributed by atoms with van der Waals surface area (Å²) in [5.74, 6) is 0.664. The Kier molecular flexibility index (Phi) is 5.04. The third-order valence-electron chi connectivity index (χ3n) is 3.41. The van der Waals surface area contributed by atoms with Crippen LogP contribution in [-0.2, 0) is 0 Å². The van der Waals surface area contributed by atoms with E-state index in [9.17, 15) is 4.79 Å². The van der Waals surface area contributed by atoms with Crippen molar-refractivity contribution in [1.82, 2.24) is 5.32 Å². The van der Waals surface area contributed by atoms with E-state index >= 15 is 0 Å². The van der Waals surface area contributed by atoms with Gasteiger partial charge in [-0.25, -0.2) is 0 Å². The topological polar surface area (TPSA) is 64.3 Å². The van der Waals surface area contributed by atoms with Crippen LogP contribution in [0.4, 0.5) is 5.69 Å². The summed E-state index contributed by atoms with van der Waals surface area (Å²) in [6.45, 7) is 6.27. The second-order valence-corrected chi connectivity index (χ2v) is 5.53. The minimum Gasteiger partial charge on any atom is -0.489 e. The fourth-order valence-electron chi connectivity index (χ4n) is 2.11. The zero-order valence-corrected chi connectivity index (χ0v) is 13.2. The number of hydrogen-bond acceptors (Lipinski definition) is 3. The molecule has 2 aromatic rings. The van der Waals surface area contributed by atoms with Gasteiger partial charge < -0.3 is 15.8 Å². The van der Waals surface area contributed by atoms with Crippen molar-refractivity contribution in [3.63, 3.8) is 0 Å². The summed E-state index contributed by atoms with van der Waals surface area (Å²) in [6, 6.07) is 13.2. The lowest BCUT2D eigenvalue weighted by Gasteiger charge is -2.16. The van der Waals surface area contributed by atoms with Crippen molar-refractivity contribution in [3.05, 3.63) is 59.2 Å². The minimum absolute atomic E-state index is 0.118. The van der Waals surface area contributed by atoms with Gasteiger partial charge in [0.2, 0.25) is 0 Å². The van der Waals surface area contributed by atoms with Crippen LogP contribution in [0.3, 0.4) is 0 Å². The quantitative estimate of drug-likeness (QED) is 0.834. The van der Waals surface area contributed by atoms with Crippen molar-refractivity contribution in [3.8, 4) is 5.75 Å². The van der Waals surface area contributed by atoms with E-state index in [0.29, 0.717) is 17.8 Å². The minimum atomic E-state index is -0.135. The Morgan fingerprint density at radius 1 is 1.18 bits per heavy atom. The lowest BCUT2D eigenvalue weighted by molar-refractivity contribution is 0.0931. The number of nitrogens with two attached hydrogens (primary N) is 1. The predicted octanol–water partition coefficient (Wildman–Crippen LogP) is 3.08. The summed E-state index contributed by atoms with van der Waals surface area (Å²) < 4.78 is 5.77. The van der Waals surface area contributed by atoms with Crippen molar-refractivity contribution < 1.29 is 9.53 Å². The molecule has 0 heterocycles. The first-order chi connectivity index (χ1) is 10.5. The number of rotatable bonds is 5. The molecule has 1 unspecified atom stereocenters. The third kappa shape index (κ3) is 4.25. The Labute approximate surface area is 131 Å². The van der Waals surface area contributed by atoms with E-state index in [4.69, 9.17) is 10.5 Å². The Balaban J connectivity index is 1.90. The second-order valence-electron chi connectivity index (χ2n) is 5.53. The number of nitrogens with one attached hydrogen (secondary N) is 1. The average Bonchev–Trinajstić information content (AvgIpc) is 2.49. The van der Waals surface area contributed by atoms with Crippen molar-refractivity contribution in [1.29, 1.82) is 0 Å². The fraction of sp³-hybridized carbons (Fsp3) is 0.278. The first-order valence-corrected chi connectivity index (χ1v) is 7.33. The molecule has 1 amide bonds. The third-order valence-corrected chi connectivity index (χ3v) is 3.41. The lowest BCUT2D eigenvalue weighted by Crippen LogP contribution is -2.33. The molecule has 4 heteroatoms. The van der Waals surface area contributed by atoms with Gasteiger partial charge in [0.05, 0.1) is 6.54 Å². The highest BCUT2D eigenvalue weighted by molar-refractivity contribution is 5.96. The van der Waals surface area contributed by atoms with Gasteiger partial charge in [-0.05, 0) is 50.6 Å². The molecule has 0 saturated heterocycles. The number of hydrogen-bond donors (Lipinski definition) is 2. The number of amides is 1. The molecule has 3 N–H and O–H groups in total. The van der Waals surface area contributed by atoms with Crippen LogP contribution in [0.5, 0.6) is 5.75 Å². The first-order valence-electron chi connectivity index (χ1n) is 7.33. The standard InChI is InChI=1S/C18H22N2O2/c1-12-4-8-16(9-5-12)22-14(3)11-20-18(21)17-10-15(19)7-6-13(17)2/h4-10,14H,11,19H2,1-3H3,(H,20,21). The van der Waals surface area contributed by atoms with E-state index < -0.39 is 0 Å². The molecule has 0 spiro atoms. The first kappa shape index (κ1) is 15.9. The molecule has 1 atom stereocenters. The molecule has 0 aliphatic rings. The van der Waals surface area contributed by atoms with Crippen LogP contribution in [0.25, 0.3) is 0 Å². The molecule has 116 valence electrons. The van der Waals surface area contributed by atoms with Gasteiger partial charge in [-0.15, -0.1) is 0 Å². The van der Waals surface area contributed by atoms with E-state index in [1.54, 1.807) is 12.1 Å². The zero-order chi connectivity index (χ0) is 16.1. The maximum atomic E-state index is 12.2. The Hall–Kier alpha value is -2.49. The van der Waals surface area contributed by atoms with Crippen molar-refractivity contribution in [2.75, 3.05) is 12.3 Å². The molecule has 2 aromatic carbocycles. The summed E-state index contributed by atoms with van der Waals surface area (Å²) >= 11 is 0. The van der Waals surface area contributed by atoms with Gasteiger partial charge in [0.15, 0.2) is 0 Å². The zero-order valence-electron chi connectivity index (χ0n) is 13.2. The highest BCUT2D eigenvalue weighted by Crippen LogP contribution is 2.14. The fourth-order valence-corrected chi connectivity index (χ4v) is 2.11. The van der Waals surface area contributed by atoms with E-state index in [2.05, 4.69) is 5.32 Å². The number of nitrogen functional groups attached to an aromatic ring is 1. The highest BCUT2D eigenvalue weighted by atomic mass is 16.5. The van der Waals surface area contributed by atoms with Gasteiger partial charge in [0.1, 0.15) is 11.9 Å². The average molecular weight is 298 g/mol. The van der Waals surface area contributed by atoms with Gasteiger partial charge in [0.25, 0.3) is 5.91 Å². The van der Waals surface area contributed by atoms with Gasteiger partial charge in [-0.2, -0.15) is 0 Å².